The molecule has 0 radical (unpaired) electrons. The maximum atomic E-state index is 6.31. The van der Waals surface area contributed by atoms with Crippen LogP contribution in [0.1, 0.15) is 5.56 Å². The Kier molecular flexibility index (Phi) is 5.16. The van der Waals surface area contributed by atoms with E-state index in [9.17, 15) is 0 Å². The smallest absolute Gasteiger partial charge is 0.236 e. The molecule has 3 aromatic rings. The number of ether oxygens (including phenoxy) is 1. The number of aromatic nitrogens is 3. The van der Waals surface area contributed by atoms with E-state index in [2.05, 4.69) is 21.5 Å². The molecule has 0 bridgehead atoms. The highest BCUT2D eigenvalue weighted by Crippen LogP contribution is 2.33. The monoisotopic (exact) mass is 403 g/mol. The Hall–Kier alpha value is -1.96. The van der Waals surface area contributed by atoms with Crippen LogP contribution in [-0.4, -0.2) is 58.2 Å². The van der Waals surface area contributed by atoms with Crippen molar-refractivity contribution in [3.05, 3.63) is 41.2 Å². The minimum Gasteiger partial charge on any atom is -0.495 e. The summed E-state index contributed by atoms with van der Waals surface area (Å²) in [5, 5.41) is 0.579. The molecule has 1 aromatic carbocycles. The Balaban J connectivity index is 1.65. The van der Waals surface area contributed by atoms with Crippen molar-refractivity contribution in [2.75, 3.05) is 44.4 Å². The standard InChI is InChI=1S/C19H22ClN5OS/c1-13-10-17(26-2)15(20)11-14(13)16-12-24-5-4-18(22-19(24)21-16)23-6-8-25(27-3)9-7-23/h4-5,10-12H,6-9H2,1-3H3. The van der Waals surface area contributed by atoms with E-state index in [1.165, 1.54) is 0 Å². The summed E-state index contributed by atoms with van der Waals surface area (Å²) in [4.78, 5) is 11.8. The molecule has 1 aliphatic heterocycles. The first kappa shape index (κ1) is 18.4. The number of imidazole rings is 1. The van der Waals surface area contributed by atoms with E-state index in [0.29, 0.717) is 16.5 Å². The maximum Gasteiger partial charge on any atom is 0.236 e. The van der Waals surface area contributed by atoms with Gasteiger partial charge >= 0.3 is 0 Å². The summed E-state index contributed by atoms with van der Waals surface area (Å²) in [5.74, 6) is 2.34. The second-order valence-electron chi connectivity index (χ2n) is 6.52. The third kappa shape index (κ3) is 3.59. The van der Waals surface area contributed by atoms with Crippen LogP contribution in [0.5, 0.6) is 5.75 Å². The van der Waals surface area contributed by atoms with Crippen molar-refractivity contribution in [3.8, 4) is 17.0 Å². The van der Waals surface area contributed by atoms with E-state index in [-0.39, 0.29) is 0 Å². The van der Waals surface area contributed by atoms with Gasteiger partial charge in [0.05, 0.1) is 17.8 Å². The summed E-state index contributed by atoms with van der Waals surface area (Å²) < 4.78 is 9.62. The van der Waals surface area contributed by atoms with Gasteiger partial charge in [0.15, 0.2) is 0 Å². The SMILES string of the molecule is COc1cc(C)c(-c2cn3ccc(N4CCN(SC)CC4)nc3n2)cc1Cl. The van der Waals surface area contributed by atoms with Gasteiger partial charge in [0.25, 0.3) is 0 Å². The van der Waals surface area contributed by atoms with Gasteiger partial charge in [0.1, 0.15) is 11.6 Å². The van der Waals surface area contributed by atoms with Crippen LogP contribution < -0.4 is 9.64 Å². The van der Waals surface area contributed by atoms with Gasteiger partial charge in [-0.2, -0.15) is 4.98 Å². The number of hydrogen-bond donors (Lipinski definition) is 0. The summed E-state index contributed by atoms with van der Waals surface area (Å²) >= 11 is 8.11. The fourth-order valence-corrected chi connectivity index (χ4v) is 4.13. The summed E-state index contributed by atoms with van der Waals surface area (Å²) in [6, 6.07) is 5.90. The number of aryl methyl sites for hydroxylation is 1. The number of piperazine rings is 1. The molecular formula is C19H22ClN5OS. The molecule has 0 unspecified atom stereocenters. The number of methoxy groups -OCH3 is 1. The summed E-state index contributed by atoms with van der Waals surface area (Å²) in [6.07, 6.45) is 6.14. The molecule has 1 aliphatic rings. The van der Waals surface area contributed by atoms with Crippen LogP contribution in [0, 0.1) is 6.92 Å². The first-order chi connectivity index (χ1) is 13.1. The van der Waals surface area contributed by atoms with Crippen molar-refractivity contribution in [1.82, 2.24) is 18.7 Å². The lowest BCUT2D eigenvalue weighted by atomic mass is 10.1. The lowest BCUT2D eigenvalue weighted by Crippen LogP contribution is -2.43. The number of nitrogens with zero attached hydrogens (tertiary/aromatic N) is 5. The van der Waals surface area contributed by atoms with E-state index < -0.39 is 0 Å². The molecule has 8 heteroatoms. The minimum atomic E-state index is 0.579. The molecule has 6 nitrogen and oxygen atoms in total. The fraction of sp³-hybridized carbons (Fsp3) is 0.368. The number of halogens is 1. The predicted octanol–water partition coefficient (Wildman–Crippen LogP) is 3.77. The summed E-state index contributed by atoms with van der Waals surface area (Å²) in [7, 11) is 1.62. The molecule has 0 aliphatic carbocycles. The largest absolute Gasteiger partial charge is 0.495 e. The lowest BCUT2D eigenvalue weighted by molar-refractivity contribution is 0.415. The molecule has 1 fully saturated rings. The number of hydrogen-bond acceptors (Lipinski definition) is 6. The lowest BCUT2D eigenvalue weighted by Gasteiger charge is -2.33. The van der Waals surface area contributed by atoms with Crippen molar-refractivity contribution in [2.24, 2.45) is 0 Å². The number of rotatable bonds is 4. The van der Waals surface area contributed by atoms with Crippen LogP contribution in [0.2, 0.25) is 5.02 Å². The molecule has 2 aromatic heterocycles. The van der Waals surface area contributed by atoms with Crippen molar-refractivity contribution in [2.45, 2.75) is 6.92 Å². The highest BCUT2D eigenvalue weighted by Gasteiger charge is 2.18. The number of benzene rings is 1. The van der Waals surface area contributed by atoms with Gasteiger partial charge in [-0.1, -0.05) is 23.5 Å². The molecule has 3 heterocycles. The van der Waals surface area contributed by atoms with Gasteiger partial charge in [-0.25, -0.2) is 9.29 Å². The van der Waals surface area contributed by atoms with Crippen LogP contribution in [0.4, 0.5) is 5.82 Å². The fourth-order valence-electron chi connectivity index (χ4n) is 3.36. The van der Waals surface area contributed by atoms with Crippen molar-refractivity contribution in [3.63, 3.8) is 0 Å². The molecule has 27 heavy (non-hydrogen) atoms. The molecule has 4 rings (SSSR count). The van der Waals surface area contributed by atoms with Crippen molar-refractivity contribution >= 4 is 35.1 Å². The second kappa shape index (κ2) is 7.58. The van der Waals surface area contributed by atoms with E-state index in [0.717, 1.165) is 48.8 Å². The Morgan fingerprint density at radius 1 is 1.15 bits per heavy atom. The zero-order valence-electron chi connectivity index (χ0n) is 15.6. The van der Waals surface area contributed by atoms with Gasteiger partial charge < -0.3 is 9.64 Å². The molecule has 1 saturated heterocycles. The Morgan fingerprint density at radius 2 is 1.93 bits per heavy atom. The van der Waals surface area contributed by atoms with E-state index in [1.807, 2.05) is 35.9 Å². The van der Waals surface area contributed by atoms with Crippen molar-refractivity contribution in [1.29, 1.82) is 0 Å². The molecule has 0 spiro atoms. The predicted molar refractivity (Wildman–Crippen MR) is 112 cm³/mol. The maximum absolute atomic E-state index is 6.31. The zero-order valence-corrected chi connectivity index (χ0v) is 17.2. The van der Waals surface area contributed by atoms with E-state index in [4.69, 9.17) is 26.3 Å². The zero-order chi connectivity index (χ0) is 19.0. The van der Waals surface area contributed by atoms with E-state index in [1.54, 1.807) is 19.1 Å². The Morgan fingerprint density at radius 3 is 2.63 bits per heavy atom. The van der Waals surface area contributed by atoms with Crippen LogP contribution >= 0.6 is 23.5 Å². The van der Waals surface area contributed by atoms with Gasteiger partial charge in [-0.3, -0.25) is 4.40 Å². The number of anilines is 1. The van der Waals surface area contributed by atoms with Gasteiger partial charge in [-0.05, 0) is 36.9 Å². The van der Waals surface area contributed by atoms with Gasteiger partial charge in [0, 0.05) is 44.1 Å². The summed E-state index contributed by atoms with van der Waals surface area (Å²) in [5.41, 5.74) is 2.91. The summed E-state index contributed by atoms with van der Waals surface area (Å²) in [6.45, 7) is 6.06. The van der Waals surface area contributed by atoms with Gasteiger partial charge in [0.2, 0.25) is 5.78 Å². The van der Waals surface area contributed by atoms with Crippen LogP contribution in [0.15, 0.2) is 30.6 Å². The molecule has 0 saturated carbocycles. The van der Waals surface area contributed by atoms with Crippen molar-refractivity contribution < 1.29 is 4.74 Å². The molecular weight excluding hydrogens is 382 g/mol. The highest BCUT2D eigenvalue weighted by atomic mass is 35.5. The van der Waals surface area contributed by atoms with E-state index >= 15 is 0 Å². The first-order valence-corrected chi connectivity index (χ1v) is 10.4. The van der Waals surface area contributed by atoms with Crippen LogP contribution in [-0.2, 0) is 0 Å². The highest BCUT2D eigenvalue weighted by molar-refractivity contribution is 7.96. The van der Waals surface area contributed by atoms with Gasteiger partial charge in [-0.15, -0.1) is 0 Å². The first-order valence-electron chi connectivity index (χ1n) is 8.83. The Labute approximate surface area is 168 Å². The third-order valence-corrected chi connectivity index (χ3v) is 6.08. The average molecular weight is 404 g/mol. The Bertz CT molecular complexity index is 968. The topological polar surface area (TPSA) is 45.9 Å². The number of fused-ring (bicyclic) bond motifs is 1. The molecule has 0 amide bonds. The third-order valence-electron chi connectivity index (χ3n) is 4.91. The molecule has 0 atom stereocenters. The quantitative estimate of drug-likeness (QED) is 0.618. The van der Waals surface area contributed by atoms with Crippen LogP contribution in [0.3, 0.4) is 0 Å². The van der Waals surface area contributed by atoms with Crippen LogP contribution in [0.25, 0.3) is 17.0 Å². The normalized spacial score (nSPS) is 15.5. The average Bonchev–Trinajstić information content (AvgIpc) is 3.12. The molecule has 0 N–H and O–H groups in total. The molecule has 142 valence electrons. The minimum absolute atomic E-state index is 0.579. The second-order valence-corrected chi connectivity index (χ2v) is 7.81.